The highest BCUT2D eigenvalue weighted by Crippen LogP contribution is 2.30. The first-order valence-corrected chi connectivity index (χ1v) is 8.47. The highest BCUT2D eigenvalue weighted by molar-refractivity contribution is 5.91. The minimum absolute atomic E-state index is 0.0362. The average Bonchev–Trinajstić information content (AvgIpc) is 2.72. The molecule has 1 fully saturated rings. The Morgan fingerprint density at radius 1 is 1.07 bits per heavy atom. The van der Waals surface area contributed by atoms with E-state index in [1.54, 1.807) is 6.07 Å². The summed E-state index contributed by atoms with van der Waals surface area (Å²) in [4.78, 5) is 35.3. The van der Waals surface area contributed by atoms with Crippen molar-refractivity contribution in [2.75, 3.05) is 31.2 Å². The molecule has 1 heterocycles. The number of benzene rings is 2. The van der Waals surface area contributed by atoms with E-state index in [0.29, 0.717) is 37.6 Å². The lowest BCUT2D eigenvalue weighted by molar-refractivity contribution is -0.385. The molecule has 0 unspecified atom stereocenters. The molecule has 2 aromatic rings. The van der Waals surface area contributed by atoms with Crippen LogP contribution in [0, 0.1) is 20.2 Å². The molecule has 2 aromatic carbocycles. The number of hydrogen-bond donors (Lipinski definition) is 0. The highest BCUT2D eigenvalue weighted by Gasteiger charge is 2.23. The number of nitrogens with zero attached hydrogens (tertiary/aromatic N) is 3. The van der Waals surface area contributed by atoms with Crippen molar-refractivity contribution in [2.45, 2.75) is 6.61 Å². The van der Waals surface area contributed by atoms with Crippen LogP contribution < -0.4 is 4.90 Å². The second-order valence-corrected chi connectivity index (χ2v) is 6.06. The van der Waals surface area contributed by atoms with E-state index in [-0.39, 0.29) is 23.5 Å². The smallest absolute Gasteiger partial charge is 0.338 e. The summed E-state index contributed by atoms with van der Waals surface area (Å²) >= 11 is 0. The lowest BCUT2D eigenvalue weighted by Crippen LogP contribution is -2.36. The summed E-state index contributed by atoms with van der Waals surface area (Å²) in [5, 5.41) is 22.3. The molecule has 0 aliphatic carbocycles. The molecular weight excluding hydrogens is 370 g/mol. The molecule has 0 aromatic heterocycles. The number of esters is 1. The van der Waals surface area contributed by atoms with E-state index in [1.165, 1.54) is 36.4 Å². The molecule has 28 heavy (non-hydrogen) atoms. The summed E-state index contributed by atoms with van der Waals surface area (Å²) in [6.07, 6.45) is 0. The predicted molar refractivity (Wildman–Crippen MR) is 98.3 cm³/mol. The second-order valence-electron chi connectivity index (χ2n) is 6.06. The number of nitro groups is 2. The first-order valence-electron chi connectivity index (χ1n) is 8.47. The van der Waals surface area contributed by atoms with Gasteiger partial charge in [0.05, 0.1) is 28.6 Å². The molecule has 10 nitrogen and oxygen atoms in total. The van der Waals surface area contributed by atoms with Gasteiger partial charge in [-0.25, -0.2) is 4.79 Å². The van der Waals surface area contributed by atoms with Crippen LogP contribution in [0.3, 0.4) is 0 Å². The number of morpholine rings is 1. The average molecular weight is 387 g/mol. The van der Waals surface area contributed by atoms with Gasteiger partial charge in [0.15, 0.2) is 0 Å². The number of ether oxygens (including phenoxy) is 2. The number of carbonyl (C=O) groups excluding carboxylic acids is 1. The molecule has 1 aliphatic heterocycles. The maximum atomic E-state index is 12.3. The third-order valence-corrected chi connectivity index (χ3v) is 4.25. The molecule has 0 bridgehead atoms. The lowest BCUT2D eigenvalue weighted by Gasteiger charge is -2.28. The highest BCUT2D eigenvalue weighted by atomic mass is 16.6. The van der Waals surface area contributed by atoms with Gasteiger partial charge in [-0.05, 0) is 17.7 Å². The van der Waals surface area contributed by atoms with Gasteiger partial charge in [0.25, 0.3) is 11.4 Å². The Labute approximate surface area is 159 Å². The Kier molecular flexibility index (Phi) is 5.80. The summed E-state index contributed by atoms with van der Waals surface area (Å²) in [5.74, 6) is -0.747. The monoisotopic (exact) mass is 387 g/mol. The second kappa shape index (κ2) is 8.44. The van der Waals surface area contributed by atoms with Crippen molar-refractivity contribution in [2.24, 2.45) is 0 Å². The minimum atomic E-state index is -0.747. The number of nitro benzene ring substituents is 2. The molecular formula is C18H17N3O7. The van der Waals surface area contributed by atoms with Crippen LogP contribution in [-0.2, 0) is 16.1 Å². The number of carbonyl (C=O) groups is 1. The molecule has 3 rings (SSSR count). The lowest BCUT2D eigenvalue weighted by atomic mass is 10.1. The largest absolute Gasteiger partial charge is 0.457 e. The van der Waals surface area contributed by atoms with Crippen LogP contribution >= 0.6 is 0 Å². The van der Waals surface area contributed by atoms with Gasteiger partial charge in [0.2, 0.25) is 0 Å². The zero-order valence-corrected chi connectivity index (χ0v) is 14.8. The van der Waals surface area contributed by atoms with Crippen molar-refractivity contribution in [3.05, 3.63) is 73.8 Å². The molecule has 0 saturated carbocycles. The van der Waals surface area contributed by atoms with E-state index >= 15 is 0 Å². The Morgan fingerprint density at radius 3 is 2.50 bits per heavy atom. The van der Waals surface area contributed by atoms with Gasteiger partial charge < -0.3 is 14.4 Å². The summed E-state index contributed by atoms with van der Waals surface area (Å²) < 4.78 is 10.4. The summed E-state index contributed by atoms with van der Waals surface area (Å²) in [7, 11) is 0. The molecule has 1 aliphatic rings. The van der Waals surface area contributed by atoms with Crippen LogP contribution in [0.25, 0.3) is 0 Å². The third kappa shape index (κ3) is 4.41. The number of non-ortho nitro benzene ring substituents is 1. The molecule has 146 valence electrons. The van der Waals surface area contributed by atoms with Gasteiger partial charge in [-0.1, -0.05) is 12.1 Å². The third-order valence-electron chi connectivity index (χ3n) is 4.25. The van der Waals surface area contributed by atoms with Crippen molar-refractivity contribution in [3.63, 3.8) is 0 Å². The number of anilines is 1. The van der Waals surface area contributed by atoms with Gasteiger partial charge in [-0.15, -0.1) is 0 Å². The Morgan fingerprint density at radius 2 is 1.82 bits per heavy atom. The first kappa shape index (κ1) is 19.2. The molecule has 0 spiro atoms. The van der Waals surface area contributed by atoms with Crippen molar-refractivity contribution < 1.29 is 24.1 Å². The van der Waals surface area contributed by atoms with E-state index in [9.17, 15) is 25.0 Å². The van der Waals surface area contributed by atoms with Crippen LogP contribution in [0.15, 0.2) is 42.5 Å². The van der Waals surface area contributed by atoms with Crippen LogP contribution in [0.1, 0.15) is 15.9 Å². The SMILES string of the molecule is O=C(OCc1cccc([N+](=O)[O-])c1)c1ccc(N2CCOCC2)c([N+](=O)[O-])c1. The molecule has 1 saturated heterocycles. The topological polar surface area (TPSA) is 125 Å². The van der Waals surface area contributed by atoms with E-state index in [2.05, 4.69) is 0 Å². The summed E-state index contributed by atoms with van der Waals surface area (Å²) in [6, 6.07) is 9.88. The molecule has 0 amide bonds. The quantitative estimate of drug-likeness (QED) is 0.421. The first-order chi connectivity index (χ1) is 13.5. The summed E-state index contributed by atoms with van der Waals surface area (Å²) in [5.41, 5.74) is 0.602. The number of rotatable bonds is 6. The fourth-order valence-electron chi connectivity index (χ4n) is 2.86. The van der Waals surface area contributed by atoms with E-state index < -0.39 is 15.8 Å². The van der Waals surface area contributed by atoms with E-state index in [4.69, 9.17) is 9.47 Å². The van der Waals surface area contributed by atoms with Crippen LogP contribution in [0.5, 0.6) is 0 Å². The van der Waals surface area contributed by atoms with Gasteiger partial charge in [0, 0.05) is 31.3 Å². The maximum absolute atomic E-state index is 12.3. The predicted octanol–water partition coefficient (Wildman–Crippen LogP) is 2.70. The van der Waals surface area contributed by atoms with Crippen molar-refractivity contribution in [3.8, 4) is 0 Å². The van der Waals surface area contributed by atoms with Gasteiger partial charge >= 0.3 is 5.97 Å². The van der Waals surface area contributed by atoms with Crippen LogP contribution in [0.4, 0.5) is 17.1 Å². The van der Waals surface area contributed by atoms with Gasteiger partial charge in [0.1, 0.15) is 12.3 Å². The fourth-order valence-corrected chi connectivity index (χ4v) is 2.86. The Balaban J connectivity index is 1.74. The van der Waals surface area contributed by atoms with Gasteiger partial charge in [-0.2, -0.15) is 0 Å². The Bertz CT molecular complexity index is 910. The zero-order chi connectivity index (χ0) is 20.1. The molecule has 0 N–H and O–H groups in total. The van der Waals surface area contributed by atoms with Crippen molar-refractivity contribution in [1.29, 1.82) is 0 Å². The van der Waals surface area contributed by atoms with E-state index in [1.807, 2.05) is 4.90 Å². The molecule has 0 radical (unpaired) electrons. The Hall–Kier alpha value is -3.53. The molecule has 0 atom stereocenters. The summed E-state index contributed by atoms with van der Waals surface area (Å²) in [6.45, 7) is 1.82. The maximum Gasteiger partial charge on any atom is 0.338 e. The minimum Gasteiger partial charge on any atom is -0.457 e. The number of hydrogen-bond acceptors (Lipinski definition) is 8. The zero-order valence-electron chi connectivity index (χ0n) is 14.8. The van der Waals surface area contributed by atoms with Gasteiger partial charge in [-0.3, -0.25) is 20.2 Å². The van der Waals surface area contributed by atoms with E-state index in [0.717, 1.165) is 0 Å². The fraction of sp³-hybridized carbons (Fsp3) is 0.278. The molecule has 10 heteroatoms. The normalized spacial score (nSPS) is 13.8. The standard InChI is InChI=1S/C18H17N3O7/c22-18(28-12-13-2-1-3-15(10-13)20(23)24)14-4-5-16(17(11-14)21(25)26)19-6-8-27-9-7-19/h1-5,10-11H,6-9,12H2. The van der Waals surface area contributed by atoms with Crippen LogP contribution in [0.2, 0.25) is 0 Å². The van der Waals surface area contributed by atoms with Crippen molar-refractivity contribution in [1.82, 2.24) is 0 Å². The van der Waals surface area contributed by atoms with Crippen LogP contribution in [-0.4, -0.2) is 42.1 Å². The van der Waals surface area contributed by atoms with Crippen molar-refractivity contribution >= 4 is 23.0 Å².